The zero-order valence-corrected chi connectivity index (χ0v) is 19.2. The van der Waals surface area contributed by atoms with Gasteiger partial charge < -0.3 is 18.3 Å². The molecule has 5 rings (SSSR count). The normalized spacial score (nSPS) is 14.5. The molecule has 0 aliphatic carbocycles. The fourth-order valence-corrected chi connectivity index (χ4v) is 4.36. The van der Waals surface area contributed by atoms with Gasteiger partial charge in [0, 0.05) is 49.2 Å². The Kier molecular flexibility index (Phi) is 5.55. The van der Waals surface area contributed by atoms with Crippen molar-refractivity contribution < 1.29 is 18.2 Å². The Balaban J connectivity index is 1.25. The fourth-order valence-electron chi connectivity index (χ4n) is 4.36. The number of carbonyl (C=O) groups excluding carboxylic acids is 1. The predicted molar refractivity (Wildman–Crippen MR) is 122 cm³/mol. The number of nitrogens with zero attached hydrogens (tertiary/aromatic N) is 6. The number of ketones is 1. The van der Waals surface area contributed by atoms with E-state index in [1.165, 1.54) is 6.26 Å². The smallest absolute Gasteiger partial charge is 0.266 e. The summed E-state index contributed by atoms with van der Waals surface area (Å²) in [6.45, 7) is 8.59. The zero-order valence-electron chi connectivity index (χ0n) is 19.2. The number of nitriles is 1. The molecule has 0 unspecified atom stereocenters. The molecular formula is C24H24N6O4. The van der Waals surface area contributed by atoms with Crippen molar-refractivity contribution in [1.29, 1.82) is 5.26 Å². The van der Waals surface area contributed by atoms with Gasteiger partial charge in [-0.15, -0.1) is 0 Å². The van der Waals surface area contributed by atoms with Crippen LogP contribution in [-0.4, -0.2) is 58.1 Å². The molecule has 0 radical (unpaired) electrons. The van der Waals surface area contributed by atoms with Crippen LogP contribution in [0.25, 0.3) is 17.5 Å². The van der Waals surface area contributed by atoms with Crippen LogP contribution in [0.4, 0.5) is 5.88 Å². The molecular weight excluding hydrogens is 436 g/mol. The molecule has 0 saturated carbocycles. The summed E-state index contributed by atoms with van der Waals surface area (Å²) in [5.74, 6) is 2.65. The van der Waals surface area contributed by atoms with Crippen molar-refractivity contribution in [2.24, 2.45) is 0 Å². The maximum Gasteiger partial charge on any atom is 0.266 e. The summed E-state index contributed by atoms with van der Waals surface area (Å²) >= 11 is 0. The molecule has 4 aromatic rings. The lowest BCUT2D eigenvalue weighted by molar-refractivity contribution is 0.0925. The number of hydrogen-bond acceptors (Lipinski definition) is 9. The van der Waals surface area contributed by atoms with Gasteiger partial charge in [-0.1, -0.05) is 5.16 Å². The topological polar surface area (TPSA) is 117 Å². The van der Waals surface area contributed by atoms with Gasteiger partial charge in [0.05, 0.1) is 12.8 Å². The highest BCUT2D eigenvalue weighted by Crippen LogP contribution is 2.29. The van der Waals surface area contributed by atoms with Crippen LogP contribution in [0, 0.1) is 32.1 Å². The van der Waals surface area contributed by atoms with Crippen molar-refractivity contribution in [3.8, 4) is 23.5 Å². The molecule has 0 spiro atoms. The number of Topliss-reactive ketones (excluding diaryl/α,β-unsaturated/α-hetero) is 1. The van der Waals surface area contributed by atoms with Crippen molar-refractivity contribution in [3.05, 3.63) is 58.9 Å². The molecule has 0 aromatic carbocycles. The summed E-state index contributed by atoms with van der Waals surface area (Å²) in [5.41, 5.74) is 2.69. The molecule has 34 heavy (non-hydrogen) atoms. The van der Waals surface area contributed by atoms with Crippen molar-refractivity contribution in [3.63, 3.8) is 0 Å². The first-order valence-electron chi connectivity index (χ1n) is 11.0. The molecule has 1 fully saturated rings. The summed E-state index contributed by atoms with van der Waals surface area (Å²) in [4.78, 5) is 21.5. The van der Waals surface area contributed by atoms with Crippen LogP contribution in [0.1, 0.15) is 33.2 Å². The summed E-state index contributed by atoms with van der Waals surface area (Å²) in [6, 6.07) is 9.33. The van der Waals surface area contributed by atoms with Crippen LogP contribution >= 0.6 is 0 Å². The minimum atomic E-state index is 0.0606. The summed E-state index contributed by atoms with van der Waals surface area (Å²) in [5, 5.41) is 13.6. The minimum absolute atomic E-state index is 0.0606. The quantitative estimate of drug-likeness (QED) is 0.398. The van der Waals surface area contributed by atoms with Crippen LogP contribution in [0.2, 0.25) is 0 Å². The first-order chi connectivity index (χ1) is 16.4. The van der Waals surface area contributed by atoms with Gasteiger partial charge in [-0.3, -0.25) is 14.3 Å². The second-order valence-corrected chi connectivity index (χ2v) is 8.36. The van der Waals surface area contributed by atoms with E-state index in [2.05, 4.69) is 21.1 Å². The average Bonchev–Trinajstić information content (AvgIpc) is 3.61. The van der Waals surface area contributed by atoms with Gasteiger partial charge in [-0.25, -0.2) is 0 Å². The van der Waals surface area contributed by atoms with E-state index in [9.17, 15) is 10.1 Å². The number of oxazole rings is 1. The van der Waals surface area contributed by atoms with Crippen molar-refractivity contribution in [2.45, 2.75) is 20.8 Å². The van der Waals surface area contributed by atoms with Crippen LogP contribution in [0.3, 0.4) is 0 Å². The van der Waals surface area contributed by atoms with Crippen LogP contribution in [0.5, 0.6) is 0 Å². The number of hydrogen-bond donors (Lipinski definition) is 0. The van der Waals surface area contributed by atoms with Gasteiger partial charge >= 0.3 is 0 Å². The number of carbonyl (C=O) groups is 1. The Morgan fingerprint density at radius 1 is 1.18 bits per heavy atom. The number of rotatable bonds is 6. The van der Waals surface area contributed by atoms with Gasteiger partial charge in [-0.2, -0.15) is 10.2 Å². The number of aryl methyl sites for hydroxylation is 2. The molecule has 1 saturated heterocycles. The SMILES string of the molecule is Cc1cc(-n2c(C)cc(C(=O)CN3CCN(c4oc(-c5ccco5)nc4C#N)CC3)c2C)no1. The van der Waals surface area contributed by atoms with E-state index in [-0.39, 0.29) is 17.4 Å². The van der Waals surface area contributed by atoms with Gasteiger partial charge in [0.2, 0.25) is 11.6 Å². The Labute approximate surface area is 196 Å². The molecule has 0 bridgehead atoms. The number of furan rings is 1. The minimum Gasteiger partial charge on any atom is -0.459 e. The summed E-state index contributed by atoms with van der Waals surface area (Å²) in [6.07, 6.45) is 1.53. The first kappa shape index (κ1) is 21.7. The van der Waals surface area contributed by atoms with Crippen LogP contribution in [0.15, 0.2) is 43.9 Å². The maximum atomic E-state index is 13.1. The van der Waals surface area contributed by atoms with E-state index in [0.29, 0.717) is 55.7 Å². The van der Waals surface area contributed by atoms with Crippen LogP contribution < -0.4 is 4.90 Å². The standard InChI is InChI=1S/C24H24N6O4/c1-15-11-18(17(3)30(15)22-12-16(2)34-27-22)20(31)14-28-6-8-29(9-7-28)24-19(13-25)26-23(33-24)21-5-4-10-32-21/h4-5,10-12H,6-9,14H2,1-3H3. The number of piperazine rings is 1. The van der Waals surface area contributed by atoms with Gasteiger partial charge in [-0.05, 0) is 39.0 Å². The molecule has 0 atom stereocenters. The Morgan fingerprint density at radius 2 is 1.97 bits per heavy atom. The summed E-state index contributed by atoms with van der Waals surface area (Å²) < 4.78 is 18.3. The molecule has 174 valence electrons. The lowest BCUT2D eigenvalue weighted by Gasteiger charge is -2.34. The highest BCUT2D eigenvalue weighted by molar-refractivity contribution is 5.99. The molecule has 5 heterocycles. The second kappa shape index (κ2) is 8.68. The fraction of sp³-hybridized carbons (Fsp3) is 0.333. The van der Waals surface area contributed by atoms with E-state index in [1.807, 2.05) is 42.4 Å². The predicted octanol–water partition coefficient (Wildman–Crippen LogP) is 3.52. The average molecular weight is 460 g/mol. The van der Waals surface area contributed by atoms with E-state index < -0.39 is 0 Å². The van der Waals surface area contributed by atoms with E-state index in [1.54, 1.807) is 12.1 Å². The molecule has 10 nitrogen and oxygen atoms in total. The third kappa shape index (κ3) is 3.91. The Bertz CT molecular complexity index is 1360. The van der Waals surface area contributed by atoms with Gasteiger partial charge in [0.15, 0.2) is 17.4 Å². The molecule has 0 N–H and O–H groups in total. The molecule has 0 amide bonds. The summed E-state index contributed by atoms with van der Waals surface area (Å²) in [7, 11) is 0. The lowest BCUT2D eigenvalue weighted by atomic mass is 10.1. The Morgan fingerprint density at radius 3 is 2.62 bits per heavy atom. The van der Waals surface area contributed by atoms with Crippen LogP contribution in [-0.2, 0) is 0 Å². The van der Waals surface area contributed by atoms with Gasteiger partial charge in [0.25, 0.3) is 5.89 Å². The monoisotopic (exact) mass is 460 g/mol. The number of anilines is 1. The maximum absolute atomic E-state index is 13.1. The largest absolute Gasteiger partial charge is 0.459 e. The molecule has 4 aromatic heterocycles. The van der Waals surface area contributed by atoms with E-state index in [4.69, 9.17) is 13.4 Å². The second-order valence-electron chi connectivity index (χ2n) is 8.36. The lowest BCUT2D eigenvalue weighted by Crippen LogP contribution is -2.48. The first-order valence-corrected chi connectivity index (χ1v) is 11.0. The van der Waals surface area contributed by atoms with Crippen molar-refractivity contribution in [2.75, 3.05) is 37.6 Å². The van der Waals surface area contributed by atoms with Gasteiger partial charge in [0.1, 0.15) is 11.8 Å². The van der Waals surface area contributed by atoms with E-state index >= 15 is 0 Å². The van der Waals surface area contributed by atoms with Crippen molar-refractivity contribution >= 4 is 11.7 Å². The molecule has 1 aliphatic heterocycles. The third-order valence-electron chi connectivity index (χ3n) is 6.05. The van der Waals surface area contributed by atoms with E-state index in [0.717, 1.165) is 17.1 Å². The number of aromatic nitrogens is 3. The molecule has 10 heteroatoms. The molecule has 1 aliphatic rings. The third-order valence-corrected chi connectivity index (χ3v) is 6.05. The van der Waals surface area contributed by atoms with Crippen molar-refractivity contribution in [1.82, 2.24) is 19.6 Å². The highest BCUT2D eigenvalue weighted by atomic mass is 16.5. The Hall–Kier alpha value is -4.10. The zero-order chi connectivity index (χ0) is 23.8. The highest BCUT2D eigenvalue weighted by Gasteiger charge is 2.27.